The number of hydrogen-bond donors (Lipinski definition) is 1. The minimum absolute atomic E-state index is 1.04. The van der Waals surface area contributed by atoms with E-state index in [4.69, 9.17) is 0 Å². The van der Waals surface area contributed by atoms with Gasteiger partial charge in [-0.1, -0.05) is 20.8 Å². The van der Waals surface area contributed by atoms with E-state index in [1.54, 1.807) is 0 Å². The summed E-state index contributed by atoms with van der Waals surface area (Å²) in [6, 6.07) is 2.25. The molecule has 0 bridgehead atoms. The molecular weight excluding hydrogens is 228 g/mol. The van der Waals surface area contributed by atoms with Crippen molar-refractivity contribution in [2.45, 2.75) is 40.2 Å². The lowest BCUT2D eigenvalue weighted by Gasteiger charge is -2.17. The fourth-order valence-corrected chi connectivity index (χ4v) is 2.95. The monoisotopic (exact) mass is 254 g/mol. The number of hydrogen-bond acceptors (Lipinski definition) is 3. The highest BCUT2D eigenvalue weighted by molar-refractivity contribution is 7.10. The first-order chi connectivity index (χ1) is 8.31. The molecule has 0 saturated carbocycles. The van der Waals surface area contributed by atoms with Gasteiger partial charge in [0.1, 0.15) is 0 Å². The first-order valence-electron chi connectivity index (χ1n) is 6.80. The van der Waals surface area contributed by atoms with Crippen molar-refractivity contribution < 1.29 is 0 Å². The predicted octanol–water partition coefficient (Wildman–Crippen LogP) is 3.13. The van der Waals surface area contributed by atoms with E-state index in [1.165, 1.54) is 36.5 Å². The quantitative estimate of drug-likeness (QED) is 0.681. The van der Waals surface area contributed by atoms with Crippen LogP contribution in [0.15, 0.2) is 11.4 Å². The van der Waals surface area contributed by atoms with E-state index in [-0.39, 0.29) is 0 Å². The number of nitrogens with one attached hydrogen (secondary N) is 1. The van der Waals surface area contributed by atoms with Crippen LogP contribution in [-0.4, -0.2) is 31.1 Å². The molecule has 1 heterocycles. The SMILES string of the molecule is CCc1ccsc1CNCCCN(CC)CC. The topological polar surface area (TPSA) is 15.3 Å². The average Bonchev–Trinajstić information content (AvgIpc) is 2.81. The smallest absolute Gasteiger partial charge is 0.0302 e. The van der Waals surface area contributed by atoms with Gasteiger partial charge in [-0.3, -0.25) is 0 Å². The van der Waals surface area contributed by atoms with Crippen LogP contribution in [0, 0.1) is 0 Å². The molecule has 0 aromatic carbocycles. The molecule has 0 spiro atoms. The second-order valence-electron chi connectivity index (χ2n) is 4.28. The third kappa shape index (κ3) is 5.19. The highest BCUT2D eigenvalue weighted by Gasteiger charge is 2.02. The van der Waals surface area contributed by atoms with E-state index >= 15 is 0 Å². The third-order valence-corrected chi connectivity index (χ3v) is 4.19. The van der Waals surface area contributed by atoms with Gasteiger partial charge in [0.15, 0.2) is 0 Å². The molecule has 0 atom stereocenters. The van der Waals surface area contributed by atoms with Crippen LogP contribution in [0.5, 0.6) is 0 Å². The minimum Gasteiger partial charge on any atom is -0.312 e. The lowest BCUT2D eigenvalue weighted by atomic mass is 10.2. The van der Waals surface area contributed by atoms with E-state index < -0.39 is 0 Å². The Labute approximate surface area is 110 Å². The average molecular weight is 254 g/mol. The molecule has 98 valence electrons. The summed E-state index contributed by atoms with van der Waals surface area (Å²) in [6.07, 6.45) is 2.40. The molecule has 1 rings (SSSR count). The van der Waals surface area contributed by atoms with Crippen LogP contribution >= 0.6 is 11.3 Å². The van der Waals surface area contributed by atoms with Crippen LogP contribution in [0.4, 0.5) is 0 Å². The highest BCUT2D eigenvalue weighted by atomic mass is 32.1. The summed E-state index contributed by atoms with van der Waals surface area (Å²) in [6.45, 7) is 12.4. The Kier molecular flexibility index (Phi) is 7.49. The Morgan fingerprint density at radius 3 is 2.65 bits per heavy atom. The van der Waals surface area contributed by atoms with Crippen molar-refractivity contribution >= 4 is 11.3 Å². The standard InChI is InChI=1S/C14H26N2S/c1-4-13-8-11-17-14(13)12-15-9-7-10-16(5-2)6-3/h8,11,15H,4-7,9-10,12H2,1-3H3. The van der Waals surface area contributed by atoms with Crippen molar-refractivity contribution in [2.24, 2.45) is 0 Å². The van der Waals surface area contributed by atoms with E-state index in [0.717, 1.165) is 19.5 Å². The molecule has 0 radical (unpaired) electrons. The zero-order chi connectivity index (χ0) is 12.5. The van der Waals surface area contributed by atoms with Gasteiger partial charge in [-0.2, -0.15) is 0 Å². The molecule has 0 amide bonds. The molecule has 0 fully saturated rings. The molecular formula is C14H26N2S. The molecule has 0 unspecified atom stereocenters. The first-order valence-corrected chi connectivity index (χ1v) is 7.68. The zero-order valence-electron chi connectivity index (χ0n) is 11.5. The Hall–Kier alpha value is -0.380. The van der Waals surface area contributed by atoms with Crippen molar-refractivity contribution in [3.8, 4) is 0 Å². The Balaban J connectivity index is 2.12. The molecule has 1 aromatic rings. The van der Waals surface area contributed by atoms with Crippen molar-refractivity contribution in [1.29, 1.82) is 0 Å². The van der Waals surface area contributed by atoms with Gasteiger partial charge in [-0.15, -0.1) is 11.3 Å². The van der Waals surface area contributed by atoms with Crippen LogP contribution < -0.4 is 5.32 Å². The minimum atomic E-state index is 1.04. The normalized spacial score (nSPS) is 11.3. The highest BCUT2D eigenvalue weighted by Crippen LogP contribution is 2.16. The summed E-state index contributed by atoms with van der Waals surface area (Å²) in [5.74, 6) is 0. The zero-order valence-corrected chi connectivity index (χ0v) is 12.3. The van der Waals surface area contributed by atoms with Crippen LogP contribution in [0.2, 0.25) is 0 Å². The van der Waals surface area contributed by atoms with Gasteiger partial charge in [-0.25, -0.2) is 0 Å². The van der Waals surface area contributed by atoms with Crippen LogP contribution in [0.3, 0.4) is 0 Å². The Bertz CT molecular complexity index is 292. The van der Waals surface area contributed by atoms with Gasteiger partial charge in [0.2, 0.25) is 0 Å². The molecule has 0 aliphatic heterocycles. The van der Waals surface area contributed by atoms with Gasteiger partial charge in [0, 0.05) is 11.4 Å². The molecule has 1 N–H and O–H groups in total. The van der Waals surface area contributed by atoms with Crippen molar-refractivity contribution in [1.82, 2.24) is 10.2 Å². The molecule has 3 heteroatoms. The Morgan fingerprint density at radius 1 is 1.24 bits per heavy atom. The molecule has 0 aliphatic rings. The number of thiophene rings is 1. The van der Waals surface area contributed by atoms with Crippen LogP contribution in [-0.2, 0) is 13.0 Å². The van der Waals surface area contributed by atoms with Gasteiger partial charge < -0.3 is 10.2 Å². The van der Waals surface area contributed by atoms with E-state index in [0.29, 0.717) is 0 Å². The van der Waals surface area contributed by atoms with Gasteiger partial charge in [0.25, 0.3) is 0 Å². The fraction of sp³-hybridized carbons (Fsp3) is 0.714. The van der Waals surface area contributed by atoms with E-state index in [1.807, 2.05) is 11.3 Å². The number of nitrogens with zero attached hydrogens (tertiary/aromatic N) is 1. The Morgan fingerprint density at radius 2 is 2.00 bits per heavy atom. The van der Waals surface area contributed by atoms with Gasteiger partial charge in [-0.05, 0) is 56.0 Å². The van der Waals surface area contributed by atoms with Crippen LogP contribution in [0.25, 0.3) is 0 Å². The number of rotatable bonds is 9. The van der Waals surface area contributed by atoms with Crippen molar-refractivity contribution in [3.05, 3.63) is 21.9 Å². The number of aryl methyl sites for hydroxylation is 1. The lowest BCUT2D eigenvalue weighted by Crippen LogP contribution is -2.27. The van der Waals surface area contributed by atoms with Crippen LogP contribution in [0.1, 0.15) is 37.6 Å². The van der Waals surface area contributed by atoms with Crippen molar-refractivity contribution in [2.75, 3.05) is 26.2 Å². The summed E-state index contributed by atoms with van der Waals surface area (Å²) in [7, 11) is 0. The largest absolute Gasteiger partial charge is 0.312 e. The second-order valence-corrected chi connectivity index (χ2v) is 5.28. The predicted molar refractivity (Wildman–Crippen MR) is 77.8 cm³/mol. The summed E-state index contributed by atoms with van der Waals surface area (Å²) in [5.41, 5.74) is 1.51. The van der Waals surface area contributed by atoms with Gasteiger partial charge >= 0.3 is 0 Å². The summed E-state index contributed by atoms with van der Waals surface area (Å²) in [5, 5.41) is 5.75. The van der Waals surface area contributed by atoms with Gasteiger partial charge in [0.05, 0.1) is 0 Å². The third-order valence-electron chi connectivity index (χ3n) is 3.23. The molecule has 0 aliphatic carbocycles. The molecule has 17 heavy (non-hydrogen) atoms. The fourth-order valence-electron chi connectivity index (χ4n) is 2.01. The maximum Gasteiger partial charge on any atom is 0.0302 e. The summed E-state index contributed by atoms with van der Waals surface area (Å²) in [4.78, 5) is 3.99. The lowest BCUT2D eigenvalue weighted by molar-refractivity contribution is 0.298. The maximum atomic E-state index is 3.55. The summed E-state index contributed by atoms with van der Waals surface area (Å²) >= 11 is 1.87. The van der Waals surface area contributed by atoms with E-state index in [2.05, 4.69) is 42.4 Å². The maximum absolute atomic E-state index is 3.55. The molecule has 2 nitrogen and oxygen atoms in total. The summed E-state index contributed by atoms with van der Waals surface area (Å²) < 4.78 is 0. The van der Waals surface area contributed by atoms with E-state index in [9.17, 15) is 0 Å². The first kappa shape index (κ1) is 14.7. The molecule has 0 saturated heterocycles. The molecule has 1 aromatic heterocycles. The van der Waals surface area contributed by atoms with Crippen molar-refractivity contribution in [3.63, 3.8) is 0 Å². The second kappa shape index (κ2) is 8.67.